The van der Waals surface area contributed by atoms with Crippen molar-refractivity contribution in [2.24, 2.45) is 0 Å². The molecule has 0 spiro atoms. The van der Waals surface area contributed by atoms with Crippen molar-refractivity contribution in [1.29, 1.82) is 0 Å². The van der Waals surface area contributed by atoms with Crippen molar-refractivity contribution in [2.75, 3.05) is 6.26 Å². The van der Waals surface area contributed by atoms with Crippen LogP contribution in [0.2, 0.25) is 0 Å². The minimum atomic E-state index is 0.120. The quantitative estimate of drug-likeness (QED) is 0.791. The van der Waals surface area contributed by atoms with E-state index in [1.54, 1.807) is 12.1 Å². The molecule has 1 aromatic carbocycles. The maximum Gasteiger partial charge on any atom is 0.119 e. The Labute approximate surface area is 119 Å². The molecule has 3 N–H and O–H groups in total. The number of phenols is 2. The molecule has 1 unspecified atom stereocenters. The first-order chi connectivity index (χ1) is 9.08. The summed E-state index contributed by atoms with van der Waals surface area (Å²) >= 11 is 1.97. The molecule has 1 aliphatic carbocycles. The lowest BCUT2D eigenvalue weighted by Crippen LogP contribution is -2.35. The third-order valence-electron chi connectivity index (χ3n) is 3.92. The third-order valence-corrected chi connectivity index (χ3v) is 5.06. The Bertz CT molecular complexity index is 396. The average molecular weight is 281 g/mol. The van der Waals surface area contributed by atoms with Crippen LogP contribution in [0.5, 0.6) is 11.5 Å². The molecule has 1 atom stereocenters. The lowest BCUT2D eigenvalue weighted by molar-refractivity contribution is 0.351. The summed E-state index contributed by atoms with van der Waals surface area (Å²) < 4.78 is 0. The highest BCUT2D eigenvalue weighted by Gasteiger charge is 2.22. The normalized spacial score (nSPS) is 25.2. The zero-order chi connectivity index (χ0) is 13.8. The Hall–Kier alpha value is -0.870. The van der Waals surface area contributed by atoms with E-state index in [9.17, 15) is 10.2 Å². The maximum absolute atomic E-state index is 9.52. The summed E-state index contributed by atoms with van der Waals surface area (Å²) in [6.07, 6.45) is 7.16. The zero-order valence-electron chi connectivity index (χ0n) is 11.6. The fourth-order valence-electron chi connectivity index (χ4n) is 2.78. The smallest absolute Gasteiger partial charge is 0.119 e. The van der Waals surface area contributed by atoms with Gasteiger partial charge in [0.05, 0.1) is 0 Å². The van der Waals surface area contributed by atoms with Crippen LogP contribution in [0, 0.1) is 0 Å². The molecule has 1 aliphatic rings. The number of hydrogen-bond donors (Lipinski definition) is 3. The van der Waals surface area contributed by atoms with Crippen LogP contribution in [0.1, 0.15) is 44.2 Å². The van der Waals surface area contributed by atoms with E-state index in [1.165, 1.54) is 31.7 Å². The second-order valence-corrected chi connectivity index (χ2v) is 6.52. The van der Waals surface area contributed by atoms with Gasteiger partial charge in [0.25, 0.3) is 0 Å². The van der Waals surface area contributed by atoms with Gasteiger partial charge in [-0.1, -0.05) is 0 Å². The minimum Gasteiger partial charge on any atom is -0.508 e. The summed E-state index contributed by atoms with van der Waals surface area (Å²) in [5, 5.41) is 23.5. The zero-order valence-corrected chi connectivity index (χ0v) is 12.4. The Morgan fingerprint density at radius 1 is 1.11 bits per heavy atom. The van der Waals surface area contributed by atoms with Gasteiger partial charge in [-0.25, -0.2) is 0 Å². The molecular formula is C15H23NO2S. The molecule has 3 nitrogen and oxygen atoms in total. The molecule has 0 radical (unpaired) electrons. The molecule has 0 aromatic heterocycles. The number of phenolic OH excluding ortho intramolecular Hbond substituents is 2. The molecular weight excluding hydrogens is 258 g/mol. The van der Waals surface area contributed by atoms with Crippen molar-refractivity contribution in [3.63, 3.8) is 0 Å². The summed E-state index contributed by atoms with van der Waals surface area (Å²) in [5.74, 6) is 0.240. The largest absolute Gasteiger partial charge is 0.508 e. The van der Waals surface area contributed by atoms with Crippen molar-refractivity contribution in [3.8, 4) is 11.5 Å². The van der Waals surface area contributed by atoms with Crippen LogP contribution in [0.25, 0.3) is 0 Å². The molecule has 0 bridgehead atoms. The Balaban J connectivity index is 1.92. The van der Waals surface area contributed by atoms with E-state index in [4.69, 9.17) is 0 Å². The molecule has 19 heavy (non-hydrogen) atoms. The number of thioether (sulfide) groups is 1. The monoisotopic (exact) mass is 281 g/mol. The van der Waals surface area contributed by atoms with Crippen LogP contribution < -0.4 is 5.32 Å². The van der Waals surface area contributed by atoms with Gasteiger partial charge >= 0.3 is 0 Å². The summed E-state index contributed by atoms with van der Waals surface area (Å²) in [5.41, 5.74) is 0.935. The number of aromatic hydroxyl groups is 2. The highest BCUT2D eigenvalue weighted by atomic mass is 32.2. The van der Waals surface area contributed by atoms with Crippen molar-refractivity contribution in [1.82, 2.24) is 5.32 Å². The van der Waals surface area contributed by atoms with Gasteiger partial charge in [0.15, 0.2) is 0 Å². The van der Waals surface area contributed by atoms with Crippen LogP contribution in [0.3, 0.4) is 0 Å². The summed E-state index contributed by atoms with van der Waals surface area (Å²) in [6.45, 7) is 2.08. The number of benzene rings is 1. The maximum atomic E-state index is 9.52. The highest BCUT2D eigenvalue weighted by molar-refractivity contribution is 7.99. The Morgan fingerprint density at radius 3 is 2.21 bits per heavy atom. The third kappa shape index (κ3) is 4.05. The second-order valence-electron chi connectivity index (χ2n) is 5.38. The standard InChI is InChI=1S/C15H23NO2S/c1-10(11-7-13(17)9-14(18)8-11)16-12-3-5-15(19-2)6-4-12/h7-10,12,15-18H,3-6H2,1-2H3. The second kappa shape index (κ2) is 6.53. The van der Waals surface area contributed by atoms with Crippen molar-refractivity contribution in [2.45, 2.75) is 49.9 Å². The Morgan fingerprint density at radius 2 is 1.68 bits per heavy atom. The number of hydrogen-bond acceptors (Lipinski definition) is 4. The van der Waals surface area contributed by atoms with Crippen molar-refractivity contribution < 1.29 is 10.2 Å². The summed E-state index contributed by atoms with van der Waals surface area (Å²) in [4.78, 5) is 0. The van der Waals surface area contributed by atoms with Crippen molar-refractivity contribution in [3.05, 3.63) is 23.8 Å². The molecule has 4 heteroatoms. The van der Waals surface area contributed by atoms with E-state index in [1.807, 2.05) is 11.8 Å². The van der Waals surface area contributed by atoms with Gasteiger partial charge in [-0.2, -0.15) is 11.8 Å². The van der Waals surface area contributed by atoms with Crippen LogP contribution >= 0.6 is 11.8 Å². The van der Waals surface area contributed by atoms with E-state index in [0.717, 1.165) is 10.8 Å². The average Bonchev–Trinajstić information content (AvgIpc) is 2.38. The van der Waals surface area contributed by atoms with Gasteiger partial charge in [0, 0.05) is 23.4 Å². The van der Waals surface area contributed by atoms with Crippen LogP contribution in [-0.2, 0) is 0 Å². The van der Waals surface area contributed by atoms with Gasteiger partial charge < -0.3 is 15.5 Å². The molecule has 2 rings (SSSR count). The van der Waals surface area contributed by atoms with Gasteiger partial charge in [-0.05, 0) is 56.6 Å². The molecule has 1 aromatic rings. The van der Waals surface area contributed by atoms with E-state index in [2.05, 4.69) is 18.5 Å². The van der Waals surface area contributed by atoms with E-state index >= 15 is 0 Å². The molecule has 1 saturated carbocycles. The van der Waals surface area contributed by atoms with Crippen LogP contribution in [0.4, 0.5) is 0 Å². The van der Waals surface area contributed by atoms with Crippen molar-refractivity contribution >= 4 is 11.8 Å². The van der Waals surface area contributed by atoms with E-state index in [0.29, 0.717) is 6.04 Å². The lowest BCUT2D eigenvalue weighted by atomic mass is 9.93. The van der Waals surface area contributed by atoms with E-state index < -0.39 is 0 Å². The summed E-state index contributed by atoms with van der Waals surface area (Å²) in [6, 6.07) is 5.48. The number of nitrogens with one attached hydrogen (secondary N) is 1. The molecule has 0 aliphatic heterocycles. The molecule has 0 saturated heterocycles. The van der Waals surface area contributed by atoms with Gasteiger partial charge in [0.2, 0.25) is 0 Å². The van der Waals surface area contributed by atoms with Gasteiger partial charge in [0.1, 0.15) is 11.5 Å². The fourth-order valence-corrected chi connectivity index (χ4v) is 3.53. The summed E-state index contributed by atoms with van der Waals surface area (Å²) in [7, 11) is 0. The van der Waals surface area contributed by atoms with Gasteiger partial charge in [-0.15, -0.1) is 0 Å². The first kappa shape index (κ1) is 14.5. The first-order valence-electron chi connectivity index (χ1n) is 6.90. The highest BCUT2D eigenvalue weighted by Crippen LogP contribution is 2.29. The topological polar surface area (TPSA) is 52.5 Å². The first-order valence-corrected chi connectivity index (χ1v) is 8.19. The molecule has 0 heterocycles. The number of rotatable bonds is 4. The SMILES string of the molecule is CSC1CCC(NC(C)c2cc(O)cc(O)c2)CC1. The molecule has 1 fully saturated rings. The predicted octanol–water partition coefficient (Wildman–Crippen LogP) is 3.42. The van der Waals surface area contributed by atoms with E-state index in [-0.39, 0.29) is 17.5 Å². The Kier molecular flexibility index (Phi) is 4.99. The van der Waals surface area contributed by atoms with Crippen LogP contribution in [0.15, 0.2) is 18.2 Å². The van der Waals surface area contributed by atoms with Gasteiger partial charge in [-0.3, -0.25) is 0 Å². The van der Waals surface area contributed by atoms with Crippen LogP contribution in [-0.4, -0.2) is 27.8 Å². The minimum absolute atomic E-state index is 0.120. The predicted molar refractivity (Wildman–Crippen MR) is 80.9 cm³/mol. The molecule has 0 amide bonds. The lowest BCUT2D eigenvalue weighted by Gasteiger charge is -2.30. The fraction of sp³-hybridized carbons (Fsp3) is 0.600. The molecule has 106 valence electrons.